The van der Waals surface area contributed by atoms with Crippen LogP contribution in [-0.2, 0) is 11.0 Å². The van der Waals surface area contributed by atoms with Crippen molar-refractivity contribution >= 4 is 17.5 Å². The first-order valence-electron chi connectivity index (χ1n) is 12.7. The molecule has 1 aliphatic heterocycles. The minimum Gasteiger partial charge on any atom is -0.340 e. The first-order chi connectivity index (χ1) is 20.2. The smallest absolute Gasteiger partial charge is 0.340 e. The Morgan fingerprint density at radius 2 is 1.88 bits per heavy atom. The van der Waals surface area contributed by atoms with Crippen LogP contribution in [0.5, 0.6) is 0 Å². The lowest BCUT2D eigenvalue weighted by atomic mass is 10.0. The fourth-order valence-corrected chi connectivity index (χ4v) is 5.03. The number of hydrogen-bond acceptors (Lipinski definition) is 7. The van der Waals surface area contributed by atoms with Crippen molar-refractivity contribution in [3.63, 3.8) is 0 Å². The molecule has 1 amide bonds. The lowest BCUT2D eigenvalue weighted by molar-refractivity contribution is -0.141. The lowest BCUT2D eigenvalue weighted by Gasteiger charge is -2.24. The van der Waals surface area contributed by atoms with Gasteiger partial charge in [0.1, 0.15) is 18.1 Å². The van der Waals surface area contributed by atoms with E-state index in [4.69, 9.17) is 11.6 Å². The van der Waals surface area contributed by atoms with E-state index in [0.717, 1.165) is 12.3 Å². The van der Waals surface area contributed by atoms with Crippen molar-refractivity contribution in [1.82, 2.24) is 44.9 Å². The lowest BCUT2D eigenvalue weighted by Crippen LogP contribution is -2.33. The molecule has 1 aromatic carbocycles. The van der Waals surface area contributed by atoms with Crippen molar-refractivity contribution in [1.29, 1.82) is 0 Å². The molecule has 0 N–H and O–H groups in total. The van der Waals surface area contributed by atoms with Crippen LogP contribution in [0.25, 0.3) is 27.9 Å². The topological polar surface area (TPSA) is 108 Å². The van der Waals surface area contributed by atoms with Crippen LogP contribution in [0.2, 0.25) is 5.02 Å². The van der Waals surface area contributed by atoms with Crippen molar-refractivity contribution in [2.24, 2.45) is 0 Å². The van der Waals surface area contributed by atoms with Gasteiger partial charge in [-0.2, -0.15) is 23.0 Å². The largest absolute Gasteiger partial charge is 0.433 e. The molecule has 1 fully saturated rings. The van der Waals surface area contributed by atoms with E-state index in [1.54, 1.807) is 34.0 Å². The Morgan fingerprint density at radius 3 is 2.57 bits per heavy atom. The second-order valence-electron chi connectivity index (χ2n) is 9.58. The van der Waals surface area contributed by atoms with Gasteiger partial charge in [-0.05, 0) is 52.7 Å². The number of pyridine rings is 2. The number of hydrogen-bond donors (Lipinski definition) is 0. The number of aromatic nitrogens is 8. The summed E-state index contributed by atoms with van der Waals surface area (Å²) in [5.41, 5.74) is 1.10. The zero-order chi connectivity index (χ0) is 29.4. The Kier molecular flexibility index (Phi) is 7.14. The number of halogens is 5. The predicted molar refractivity (Wildman–Crippen MR) is 142 cm³/mol. The molecule has 10 nitrogen and oxygen atoms in total. The van der Waals surface area contributed by atoms with Gasteiger partial charge in [-0.25, -0.2) is 4.39 Å². The molecule has 15 heteroatoms. The standard InChI is InChI=1S/C27H20ClF4N9O/c28-19-4-6-21(41-15-35-37-38-41)25(26(19)29)17-3-5-20(34-11-17)22(14-39-9-1-2-24(39)42)40-13-18(12-36-40)16-7-8-33-23(10-16)27(30,31)32/h3-8,10-13,15,22H,1-2,9,14H2/t22-/m0/s1. The maximum atomic E-state index is 15.3. The molecule has 0 radical (unpaired) electrons. The summed E-state index contributed by atoms with van der Waals surface area (Å²) in [7, 11) is 0. The fraction of sp³-hybridized carbons (Fsp3) is 0.222. The van der Waals surface area contributed by atoms with Gasteiger partial charge in [0, 0.05) is 54.8 Å². The molecule has 1 saturated heterocycles. The monoisotopic (exact) mass is 597 g/mol. The van der Waals surface area contributed by atoms with Gasteiger partial charge in [0.2, 0.25) is 5.91 Å². The average Bonchev–Trinajstić information content (AvgIpc) is 3.76. The molecule has 5 aromatic rings. The highest BCUT2D eigenvalue weighted by atomic mass is 35.5. The highest BCUT2D eigenvalue weighted by Gasteiger charge is 2.33. The molecule has 4 aromatic heterocycles. The van der Waals surface area contributed by atoms with Gasteiger partial charge in [0.25, 0.3) is 0 Å². The summed E-state index contributed by atoms with van der Waals surface area (Å²) in [5, 5.41) is 15.4. The molecule has 214 valence electrons. The Hall–Kier alpha value is -4.72. The fourth-order valence-electron chi connectivity index (χ4n) is 4.87. The highest BCUT2D eigenvalue weighted by Crippen LogP contribution is 2.34. The first kappa shape index (κ1) is 27.4. The van der Waals surface area contributed by atoms with Crippen LogP contribution in [-0.4, -0.2) is 63.9 Å². The number of benzene rings is 1. The Balaban J connectivity index is 1.37. The number of rotatable bonds is 7. The summed E-state index contributed by atoms with van der Waals surface area (Å²) < 4.78 is 57.8. The third-order valence-electron chi connectivity index (χ3n) is 6.95. The van der Waals surface area contributed by atoms with Gasteiger partial charge in [-0.15, -0.1) is 5.10 Å². The van der Waals surface area contributed by atoms with Gasteiger partial charge in [0.15, 0.2) is 5.82 Å². The van der Waals surface area contributed by atoms with E-state index in [-0.39, 0.29) is 28.6 Å². The van der Waals surface area contributed by atoms with Crippen LogP contribution in [0.1, 0.15) is 30.3 Å². The molecule has 42 heavy (non-hydrogen) atoms. The van der Waals surface area contributed by atoms with Gasteiger partial charge < -0.3 is 4.90 Å². The molecule has 0 bridgehead atoms. The summed E-state index contributed by atoms with van der Waals surface area (Å²) in [6.45, 7) is 0.793. The van der Waals surface area contributed by atoms with E-state index >= 15 is 4.39 Å². The molecule has 1 atom stereocenters. The third-order valence-corrected chi connectivity index (χ3v) is 7.25. The molecule has 1 aliphatic rings. The zero-order valence-electron chi connectivity index (χ0n) is 21.6. The number of likely N-dealkylation sites (tertiary alicyclic amines) is 1. The van der Waals surface area contributed by atoms with Crippen molar-refractivity contribution in [3.05, 3.63) is 89.7 Å². The SMILES string of the molecule is O=C1CCCN1C[C@@H](c1ccc(-c2c(-n3cnnn3)ccc(Cl)c2F)cn1)n1cc(-c2ccnc(C(F)(F)F)c2)cn1. The maximum absolute atomic E-state index is 15.3. The van der Waals surface area contributed by atoms with E-state index in [9.17, 15) is 18.0 Å². The summed E-state index contributed by atoms with van der Waals surface area (Å²) in [6, 6.07) is 8.16. The Bertz CT molecular complexity index is 1740. The minimum absolute atomic E-state index is 0.0139. The van der Waals surface area contributed by atoms with Crippen molar-refractivity contribution in [2.45, 2.75) is 25.1 Å². The summed E-state index contributed by atoms with van der Waals surface area (Å²) >= 11 is 6.08. The minimum atomic E-state index is -4.59. The summed E-state index contributed by atoms with van der Waals surface area (Å²) in [5.74, 6) is -0.689. The van der Waals surface area contributed by atoms with Crippen molar-refractivity contribution in [2.75, 3.05) is 13.1 Å². The molecular formula is C27H20ClF4N9O. The van der Waals surface area contributed by atoms with Gasteiger partial charge in [0.05, 0.1) is 22.6 Å². The third kappa shape index (κ3) is 5.32. The van der Waals surface area contributed by atoms with E-state index in [1.807, 2.05) is 0 Å². The van der Waals surface area contributed by atoms with E-state index in [2.05, 4.69) is 30.6 Å². The average molecular weight is 598 g/mol. The molecule has 0 spiro atoms. The van der Waals surface area contributed by atoms with Crippen LogP contribution in [0.15, 0.2) is 67.5 Å². The molecule has 0 aliphatic carbocycles. The van der Waals surface area contributed by atoms with Crippen LogP contribution in [0.4, 0.5) is 17.6 Å². The molecule has 0 saturated carbocycles. The number of nitrogens with zero attached hydrogens (tertiary/aromatic N) is 9. The van der Waals surface area contributed by atoms with Crippen molar-refractivity contribution < 1.29 is 22.4 Å². The quantitative estimate of drug-likeness (QED) is 0.243. The normalized spacial score (nSPS) is 14.5. The predicted octanol–water partition coefficient (Wildman–Crippen LogP) is 5.01. The van der Waals surface area contributed by atoms with Crippen LogP contribution < -0.4 is 0 Å². The highest BCUT2D eigenvalue weighted by molar-refractivity contribution is 6.31. The number of tetrazole rings is 1. The number of alkyl halides is 3. The number of carbonyl (C=O) groups is 1. The summed E-state index contributed by atoms with van der Waals surface area (Å²) in [4.78, 5) is 22.2. The van der Waals surface area contributed by atoms with Gasteiger partial charge in [-0.1, -0.05) is 17.7 Å². The number of carbonyl (C=O) groups excluding carboxylic acids is 1. The van der Waals surface area contributed by atoms with Crippen LogP contribution >= 0.6 is 11.6 Å². The van der Waals surface area contributed by atoms with E-state index < -0.39 is 23.7 Å². The van der Waals surface area contributed by atoms with Crippen LogP contribution in [0.3, 0.4) is 0 Å². The maximum Gasteiger partial charge on any atom is 0.433 e. The molecular weight excluding hydrogens is 578 g/mol. The van der Waals surface area contributed by atoms with Gasteiger partial charge >= 0.3 is 6.18 Å². The summed E-state index contributed by atoms with van der Waals surface area (Å²) in [6.07, 6.45) is 3.48. The molecule has 6 rings (SSSR count). The molecule has 0 unspecified atom stereocenters. The van der Waals surface area contributed by atoms with E-state index in [1.165, 1.54) is 35.5 Å². The van der Waals surface area contributed by atoms with E-state index in [0.29, 0.717) is 41.9 Å². The zero-order valence-corrected chi connectivity index (χ0v) is 22.3. The number of amides is 1. The molecule has 5 heterocycles. The Labute approximate surface area is 240 Å². The van der Waals surface area contributed by atoms with Gasteiger partial charge in [-0.3, -0.25) is 19.4 Å². The second-order valence-corrected chi connectivity index (χ2v) is 9.98. The first-order valence-corrected chi connectivity index (χ1v) is 13.1. The second kappa shape index (κ2) is 10.9. The van der Waals surface area contributed by atoms with Crippen molar-refractivity contribution in [3.8, 4) is 27.9 Å². The Morgan fingerprint density at radius 1 is 1.02 bits per heavy atom. The van der Waals surface area contributed by atoms with Crippen LogP contribution in [0, 0.1) is 5.82 Å².